The van der Waals surface area contributed by atoms with Crippen LogP contribution < -0.4 is 5.32 Å². The maximum atomic E-state index is 5.62. The third-order valence-electron chi connectivity index (χ3n) is 4.27. The predicted molar refractivity (Wildman–Crippen MR) is 82.5 cm³/mol. The molecule has 6 nitrogen and oxygen atoms in total. The molecule has 0 aromatic carbocycles. The monoisotopic (exact) mass is 311 g/mol. The summed E-state index contributed by atoms with van der Waals surface area (Å²) >= 11 is 1.77. The van der Waals surface area contributed by atoms with E-state index in [2.05, 4.69) is 27.8 Å². The second-order valence-electron chi connectivity index (χ2n) is 6.07. The summed E-state index contributed by atoms with van der Waals surface area (Å²) < 4.78 is 7.66. The van der Waals surface area contributed by atoms with Crippen LogP contribution in [0.4, 0.5) is 0 Å². The van der Waals surface area contributed by atoms with Gasteiger partial charge in [0, 0.05) is 24.9 Å². The Morgan fingerprint density at radius 3 is 2.95 bits per heavy atom. The summed E-state index contributed by atoms with van der Waals surface area (Å²) in [5, 5.41) is 17.2. The van der Waals surface area contributed by atoms with Crippen LogP contribution in [-0.4, -0.2) is 51.3 Å². The van der Waals surface area contributed by atoms with Crippen LogP contribution in [0.15, 0.2) is 5.16 Å². The van der Waals surface area contributed by atoms with Crippen LogP contribution in [0.5, 0.6) is 0 Å². The van der Waals surface area contributed by atoms with Gasteiger partial charge >= 0.3 is 0 Å². The van der Waals surface area contributed by atoms with Crippen LogP contribution in [0.2, 0.25) is 0 Å². The first kappa shape index (κ1) is 15.2. The maximum Gasteiger partial charge on any atom is 0.209 e. The average Bonchev–Trinajstić information content (AvgIpc) is 3.20. The van der Waals surface area contributed by atoms with Crippen molar-refractivity contribution >= 4 is 11.8 Å². The minimum Gasteiger partial charge on any atom is -0.377 e. The van der Waals surface area contributed by atoms with Crippen molar-refractivity contribution in [2.45, 2.75) is 68.0 Å². The van der Waals surface area contributed by atoms with E-state index in [1.807, 2.05) is 4.68 Å². The van der Waals surface area contributed by atoms with Crippen LogP contribution >= 0.6 is 11.8 Å². The average molecular weight is 311 g/mol. The number of thioether (sulfide) groups is 1. The van der Waals surface area contributed by atoms with Gasteiger partial charge in [-0.15, -0.1) is 5.10 Å². The third kappa shape index (κ3) is 4.17. The molecule has 0 bridgehead atoms. The zero-order chi connectivity index (χ0) is 14.5. The van der Waals surface area contributed by atoms with Crippen molar-refractivity contribution in [1.29, 1.82) is 0 Å². The first-order chi connectivity index (χ1) is 10.3. The Kier molecular flexibility index (Phi) is 5.49. The predicted octanol–water partition coefficient (Wildman–Crippen LogP) is 2.04. The Morgan fingerprint density at radius 1 is 1.33 bits per heavy atom. The first-order valence-electron chi connectivity index (χ1n) is 8.10. The lowest BCUT2D eigenvalue weighted by Crippen LogP contribution is -2.31. The quantitative estimate of drug-likeness (QED) is 0.777. The zero-order valence-corrected chi connectivity index (χ0v) is 13.5. The molecule has 118 valence electrons. The van der Waals surface area contributed by atoms with Gasteiger partial charge in [-0.3, -0.25) is 0 Å². The van der Waals surface area contributed by atoms with E-state index < -0.39 is 0 Å². The number of hydrogen-bond donors (Lipinski definition) is 1. The molecular formula is C14H25N5OS. The van der Waals surface area contributed by atoms with Crippen molar-refractivity contribution in [3.8, 4) is 0 Å². The van der Waals surface area contributed by atoms with Crippen molar-refractivity contribution < 1.29 is 4.74 Å². The lowest BCUT2D eigenvalue weighted by Gasteiger charge is -2.16. The van der Waals surface area contributed by atoms with Gasteiger partial charge in [-0.1, -0.05) is 31.5 Å². The Labute approximate surface area is 130 Å². The minimum atomic E-state index is 0.408. The second kappa shape index (κ2) is 7.56. The molecule has 1 aliphatic heterocycles. The molecule has 1 saturated heterocycles. The number of nitrogens with one attached hydrogen (secondary N) is 1. The van der Waals surface area contributed by atoms with Crippen molar-refractivity contribution in [2.75, 3.05) is 19.7 Å². The molecule has 21 heavy (non-hydrogen) atoms. The summed E-state index contributed by atoms with van der Waals surface area (Å²) in [6.07, 6.45) is 7.82. The second-order valence-corrected chi connectivity index (χ2v) is 7.47. The van der Waals surface area contributed by atoms with Gasteiger partial charge in [0.25, 0.3) is 0 Å². The summed E-state index contributed by atoms with van der Waals surface area (Å²) in [6, 6.07) is 0.509. The molecule has 2 fully saturated rings. The summed E-state index contributed by atoms with van der Waals surface area (Å²) in [6.45, 7) is 5.06. The molecular weight excluding hydrogens is 286 g/mol. The standard InChI is InChI=1S/C14H25N5OS/c1-11(9-15-10-13-7-4-8-20-13)21-14-16-17-18-19(14)12-5-2-3-6-12/h11-13,15H,2-10H2,1H3. The van der Waals surface area contributed by atoms with Crippen LogP contribution in [0.3, 0.4) is 0 Å². The molecule has 1 aliphatic carbocycles. The highest BCUT2D eigenvalue weighted by atomic mass is 32.2. The highest BCUT2D eigenvalue weighted by Gasteiger charge is 2.23. The van der Waals surface area contributed by atoms with E-state index in [1.165, 1.54) is 38.5 Å². The number of nitrogens with zero attached hydrogens (tertiary/aromatic N) is 4. The van der Waals surface area contributed by atoms with Crippen LogP contribution in [0.1, 0.15) is 51.5 Å². The molecule has 0 spiro atoms. The highest BCUT2D eigenvalue weighted by molar-refractivity contribution is 7.99. The Bertz CT molecular complexity index is 429. The van der Waals surface area contributed by atoms with Crippen LogP contribution in [-0.2, 0) is 4.74 Å². The largest absolute Gasteiger partial charge is 0.377 e. The number of tetrazole rings is 1. The summed E-state index contributed by atoms with van der Waals surface area (Å²) in [4.78, 5) is 0. The number of hydrogen-bond acceptors (Lipinski definition) is 6. The first-order valence-corrected chi connectivity index (χ1v) is 8.97. The molecule has 1 saturated carbocycles. The minimum absolute atomic E-state index is 0.408. The third-order valence-corrected chi connectivity index (χ3v) is 5.32. The van der Waals surface area contributed by atoms with Gasteiger partial charge in [0.15, 0.2) is 0 Å². The van der Waals surface area contributed by atoms with Gasteiger partial charge in [-0.2, -0.15) is 0 Å². The lowest BCUT2D eigenvalue weighted by atomic mass is 10.2. The SMILES string of the molecule is CC(CNCC1CCCO1)Sc1nnnn1C1CCCC1. The molecule has 1 N–H and O–H groups in total. The van der Waals surface area contributed by atoms with Crippen molar-refractivity contribution in [1.82, 2.24) is 25.5 Å². The van der Waals surface area contributed by atoms with Gasteiger partial charge in [0.2, 0.25) is 5.16 Å². The molecule has 2 heterocycles. The fourth-order valence-electron chi connectivity index (χ4n) is 3.12. The van der Waals surface area contributed by atoms with E-state index in [0.29, 0.717) is 17.4 Å². The van der Waals surface area contributed by atoms with E-state index in [9.17, 15) is 0 Å². The van der Waals surface area contributed by atoms with E-state index in [-0.39, 0.29) is 0 Å². The van der Waals surface area contributed by atoms with Gasteiger partial charge < -0.3 is 10.1 Å². The lowest BCUT2D eigenvalue weighted by molar-refractivity contribution is 0.110. The van der Waals surface area contributed by atoms with Gasteiger partial charge in [-0.05, 0) is 36.1 Å². The molecule has 0 radical (unpaired) electrons. The Hall–Kier alpha value is -0.660. The van der Waals surface area contributed by atoms with Crippen LogP contribution in [0, 0.1) is 0 Å². The molecule has 7 heteroatoms. The molecule has 2 atom stereocenters. The van der Waals surface area contributed by atoms with Gasteiger partial charge in [0.05, 0.1) is 12.1 Å². The van der Waals surface area contributed by atoms with E-state index in [1.54, 1.807) is 11.8 Å². The van der Waals surface area contributed by atoms with E-state index in [4.69, 9.17) is 4.74 Å². The topological polar surface area (TPSA) is 64.9 Å². The molecule has 2 aliphatic rings. The molecule has 3 rings (SSSR count). The summed E-state index contributed by atoms with van der Waals surface area (Å²) in [7, 11) is 0. The fourth-order valence-corrected chi connectivity index (χ4v) is 4.05. The van der Waals surface area contributed by atoms with E-state index in [0.717, 1.165) is 24.9 Å². The molecule has 0 amide bonds. The Morgan fingerprint density at radius 2 is 2.19 bits per heavy atom. The molecule has 1 aromatic heterocycles. The fraction of sp³-hybridized carbons (Fsp3) is 0.929. The summed E-state index contributed by atoms with van der Waals surface area (Å²) in [5.74, 6) is 0. The normalized spacial score (nSPS) is 24.7. The number of aromatic nitrogens is 4. The summed E-state index contributed by atoms with van der Waals surface area (Å²) in [5.41, 5.74) is 0. The Balaban J connectivity index is 1.43. The smallest absolute Gasteiger partial charge is 0.209 e. The molecule has 1 aromatic rings. The number of ether oxygens (including phenoxy) is 1. The van der Waals surface area contributed by atoms with Crippen molar-refractivity contribution in [2.24, 2.45) is 0 Å². The van der Waals surface area contributed by atoms with Gasteiger partial charge in [-0.25, -0.2) is 4.68 Å². The van der Waals surface area contributed by atoms with Gasteiger partial charge in [0.1, 0.15) is 0 Å². The van der Waals surface area contributed by atoms with E-state index >= 15 is 0 Å². The zero-order valence-electron chi connectivity index (χ0n) is 12.7. The van der Waals surface area contributed by atoms with Crippen molar-refractivity contribution in [3.63, 3.8) is 0 Å². The van der Waals surface area contributed by atoms with Crippen LogP contribution in [0.25, 0.3) is 0 Å². The highest BCUT2D eigenvalue weighted by Crippen LogP contribution is 2.32. The van der Waals surface area contributed by atoms with Crippen molar-refractivity contribution in [3.05, 3.63) is 0 Å². The number of rotatable bonds is 7. The maximum absolute atomic E-state index is 5.62. The molecule has 2 unspecified atom stereocenters.